The fraction of sp³-hybridized carbons (Fsp3) is 0.360. The molecular weight excluding hydrogens is 490 g/mol. The number of carbonyl (C=O) groups is 1. The van der Waals surface area contributed by atoms with E-state index in [2.05, 4.69) is 10.5 Å². The van der Waals surface area contributed by atoms with Crippen LogP contribution in [0.4, 0.5) is 19.3 Å². The summed E-state index contributed by atoms with van der Waals surface area (Å²) in [5.41, 5.74) is 1.50. The molecule has 11 heteroatoms. The maximum Gasteiger partial charge on any atom is 0.317 e. The molecule has 36 heavy (non-hydrogen) atoms. The standard InChI is InChI=1S/C25H26F2N4O4S/c1-17-14-19(29-35-17)15-28-24(32)30-12-10-25(11-13-30)16-31(22-5-3-2-4-21(22)25)36(33,34)20-8-6-18(7-9-20)23(26)27/h2-9,14,23H,10-13,15-16H2,1H3,(H,28,32). The first-order valence-corrected chi connectivity index (χ1v) is 13.1. The number of rotatable bonds is 5. The Morgan fingerprint density at radius 1 is 1.14 bits per heavy atom. The molecule has 2 aliphatic heterocycles. The number of benzene rings is 2. The summed E-state index contributed by atoms with van der Waals surface area (Å²) < 4.78 is 59.4. The van der Waals surface area contributed by atoms with E-state index in [-0.39, 0.29) is 29.6 Å². The molecule has 0 radical (unpaired) electrons. The summed E-state index contributed by atoms with van der Waals surface area (Å²) in [5, 5.41) is 6.73. The van der Waals surface area contributed by atoms with Gasteiger partial charge in [-0.05, 0) is 43.5 Å². The molecule has 190 valence electrons. The summed E-state index contributed by atoms with van der Waals surface area (Å²) in [5.74, 6) is 0.670. The Kier molecular flexibility index (Phi) is 6.19. The van der Waals surface area contributed by atoms with Crippen molar-refractivity contribution in [3.63, 3.8) is 0 Å². The van der Waals surface area contributed by atoms with Crippen LogP contribution in [0.25, 0.3) is 0 Å². The maximum absolute atomic E-state index is 13.5. The average molecular weight is 517 g/mol. The van der Waals surface area contributed by atoms with Gasteiger partial charge in [-0.25, -0.2) is 22.0 Å². The number of hydrogen-bond donors (Lipinski definition) is 1. The van der Waals surface area contributed by atoms with Gasteiger partial charge in [0.1, 0.15) is 11.5 Å². The maximum atomic E-state index is 13.5. The first kappa shape index (κ1) is 24.2. The van der Waals surface area contributed by atoms with Crippen LogP contribution in [0.5, 0.6) is 0 Å². The number of hydrogen-bond acceptors (Lipinski definition) is 5. The molecule has 2 aliphatic rings. The molecule has 1 fully saturated rings. The van der Waals surface area contributed by atoms with Crippen LogP contribution in [0.15, 0.2) is 64.0 Å². The third-order valence-electron chi connectivity index (χ3n) is 7.02. The second-order valence-electron chi connectivity index (χ2n) is 9.25. The van der Waals surface area contributed by atoms with Crippen LogP contribution in [0, 0.1) is 6.92 Å². The van der Waals surface area contributed by atoms with Crippen LogP contribution in [-0.2, 0) is 22.0 Å². The smallest absolute Gasteiger partial charge is 0.317 e. The molecule has 0 atom stereocenters. The number of urea groups is 1. The summed E-state index contributed by atoms with van der Waals surface area (Å²) in [6.07, 6.45) is -1.48. The average Bonchev–Trinajstić information content (AvgIpc) is 3.45. The number of alkyl halides is 2. The molecule has 1 spiro atoms. The molecule has 2 aromatic carbocycles. The van der Waals surface area contributed by atoms with Crippen molar-refractivity contribution in [2.45, 2.75) is 43.0 Å². The summed E-state index contributed by atoms with van der Waals surface area (Å²) >= 11 is 0. The third-order valence-corrected chi connectivity index (χ3v) is 8.79. The van der Waals surface area contributed by atoms with Crippen molar-refractivity contribution in [1.82, 2.24) is 15.4 Å². The predicted octanol–water partition coefficient (Wildman–Crippen LogP) is 4.37. The van der Waals surface area contributed by atoms with Crippen molar-refractivity contribution in [2.75, 3.05) is 23.9 Å². The SMILES string of the molecule is Cc1cc(CNC(=O)N2CCC3(CC2)CN(S(=O)(=O)c2ccc(C(F)F)cc2)c2ccccc23)no1. The zero-order valence-electron chi connectivity index (χ0n) is 19.7. The van der Waals surface area contributed by atoms with Gasteiger partial charge >= 0.3 is 6.03 Å². The van der Waals surface area contributed by atoms with Gasteiger partial charge in [-0.15, -0.1) is 0 Å². The minimum absolute atomic E-state index is 0.0290. The lowest BCUT2D eigenvalue weighted by Gasteiger charge is -2.39. The summed E-state index contributed by atoms with van der Waals surface area (Å²) in [6, 6.07) is 13.7. The van der Waals surface area contributed by atoms with Crippen molar-refractivity contribution < 1.29 is 26.5 Å². The number of aryl methyl sites for hydroxylation is 1. The fourth-order valence-corrected chi connectivity index (χ4v) is 6.63. The number of carbonyl (C=O) groups excluding carboxylic acids is 1. The van der Waals surface area contributed by atoms with Crippen LogP contribution < -0.4 is 9.62 Å². The Hall–Kier alpha value is -3.47. The number of anilines is 1. The van der Waals surface area contributed by atoms with Gasteiger partial charge in [0.25, 0.3) is 16.4 Å². The topological polar surface area (TPSA) is 95.8 Å². The number of fused-ring (bicyclic) bond motifs is 2. The predicted molar refractivity (Wildman–Crippen MR) is 128 cm³/mol. The molecule has 8 nitrogen and oxygen atoms in total. The Balaban J connectivity index is 1.32. The lowest BCUT2D eigenvalue weighted by atomic mass is 9.74. The van der Waals surface area contributed by atoms with E-state index in [1.165, 1.54) is 16.4 Å². The molecule has 0 aliphatic carbocycles. The number of sulfonamides is 1. The molecule has 1 saturated heterocycles. The Morgan fingerprint density at radius 2 is 1.83 bits per heavy atom. The van der Waals surface area contributed by atoms with Crippen LogP contribution >= 0.6 is 0 Å². The zero-order chi connectivity index (χ0) is 25.5. The van der Waals surface area contributed by atoms with Crippen molar-refractivity contribution in [2.24, 2.45) is 0 Å². The van der Waals surface area contributed by atoms with E-state index in [9.17, 15) is 22.0 Å². The van der Waals surface area contributed by atoms with Gasteiger partial charge in [-0.1, -0.05) is 35.5 Å². The van der Waals surface area contributed by atoms with E-state index in [0.29, 0.717) is 43.1 Å². The van der Waals surface area contributed by atoms with Crippen molar-refractivity contribution in [1.29, 1.82) is 0 Å². The van der Waals surface area contributed by atoms with Gasteiger partial charge in [0.05, 0.1) is 17.1 Å². The van der Waals surface area contributed by atoms with Gasteiger partial charge in [0.15, 0.2) is 0 Å². The quantitative estimate of drug-likeness (QED) is 0.543. The molecule has 0 unspecified atom stereocenters. The minimum atomic E-state index is -3.96. The van der Waals surface area contributed by atoms with E-state index in [4.69, 9.17) is 4.52 Å². The fourth-order valence-electron chi connectivity index (χ4n) is 5.06. The Morgan fingerprint density at radius 3 is 2.47 bits per heavy atom. The Labute approximate surface area is 207 Å². The van der Waals surface area contributed by atoms with Crippen molar-refractivity contribution in [3.8, 4) is 0 Å². The molecule has 3 aromatic rings. The number of likely N-dealkylation sites (tertiary alicyclic amines) is 1. The Bertz CT molecular complexity index is 1370. The van der Waals surface area contributed by atoms with E-state index in [1.807, 2.05) is 12.1 Å². The lowest BCUT2D eigenvalue weighted by molar-refractivity contribution is 0.151. The number of nitrogens with one attached hydrogen (secondary N) is 1. The monoisotopic (exact) mass is 516 g/mol. The van der Waals surface area contributed by atoms with Crippen molar-refractivity contribution in [3.05, 3.63) is 77.2 Å². The molecule has 5 rings (SSSR count). The third kappa shape index (κ3) is 4.32. The highest BCUT2D eigenvalue weighted by Gasteiger charge is 2.48. The number of nitrogens with zero attached hydrogens (tertiary/aromatic N) is 3. The van der Waals surface area contributed by atoms with Crippen LogP contribution in [0.3, 0.4) is 0 Å². The van der Waals surface area contributed by atoms with E-state index < -0.39 is 21.9 Å². The van der Waals surface area contributed by atoms with Gasteiger partial charge < -0.3 is 14.7 Å². The number of piperidine rings is 1. The van der Waals surface area contributed by atoms with Crippen molar-refractivity contribution >= 4 is 21.7 Å². The molecule has 2 amide bonds. The number of para-hydroxylation sites is 1. The van der Waals surface area contributed by atoms with Crippen LogP contribution in [0.1, 0.15) is 41.8 Å². The molecule has 0 bridgehead atoms. The van der Waals surface area contributed by atoms with E-state index >= 15 is 0 Å². The summed E-state index contributed by atoms with van der Waals surface area (Å²) in [7, 11) is -3.96. The highest BCUT2D eigenvalue weighted by atomic mass is 32.2. The van der Waals surface area contributed by atoms with E-state index in [1.54, 1.807) is 30.0 Å². The summed E-state index contributed by atoms with van der Waals surface area (Å²) in [6.45, 7) is 3.21. The van der Waals surface area contributed by atoms with Gasteiger partial charge in [0.2, 0.25) is 0 Å². The molecule has 1 N–H and O–H groups in total. The van der Waals surface area contributed by atoms with Gasteiger partial charge in [-0.3, -0.25) is 4.31 Å². The second kappa shape index (κ2) is 9.20. The van der Waals surface area contributed by atoms with Crippen LogP contribution in [-0.4, -0.2) is 44.1 Å². The molecule has 0 saturated carbocycles. The highest BCUT2D eigenvalue weighted by molar-refractivity contribution is 7.92. The van der Waals surface area contributed by atoms with Crippen LogP contribution in [0.2, 0.25) is 0 Å². The first-order valence-electron chi connectivity index (χ1n) is 11.6. The minimum Gasteiger partial charge on any atom is -0.361 e. The lowest BCUT2D eigenvalue weighted by Crippen LogP contribution is -2.50. The largest absolute Gasteiger partial charge is 0.361 e. The highest BCUT2D eigenvalue weighted by Crippen LogP contribution is 2.48. The summed E-state index contributed by atoms with van der Waals surface area (Å²) in [4.78, 5) is 14.4. The van der Waals surface area contributed by atoms with Gasteiger partial charge in [0, 0.05) is 36.7 Å². The second-order valence-corrected chi connectivity index (χ2v) is 11.1. The normalized spacial score (nSPS) is 17.0. The number of halogens is 2. The van der Waals surface area contributed by atoms with Gasteiger partial charge in [-0.2, -0.15) is 0 Å². The molecular formula is C25H26F2N4O4S. The first-order chi connectivity index (χ1) is 17.2. The number of aromatic nitrogens is 1. The zero-order valence-corrected chi connectivity index (χ0v) is 20.5. The molecule has 3 heterocycles. The van der Waals surface area contributed by atoms with E-state index in [0.717, 1.165) is 17.7 Å². The molecule has 1 aromatic heterocycles. The number of amides is 2.